The molecule has 22 heavy (non-hydrogen) atoms. The number of aromatic hydroxyl groups is 4. The molecule has 2 aromatic carbocycles. The van der Waals surface area contributed by atoms with Crippen molar-refractivity contribution in [3.05, 3.63) is 41.5 Å². The van der Waals surface area contributed by atoms with E-state index in [1.54, 1.807) is 12.1 Å². The first-order valence-electron chi connectivity index (χ1n) is 6.71. The zero-order valence-corrected chi connectivity index (χ0v) is 12.0. The highest BCUT2D eigenvalue weighted by Crippen LogP contribution is 2.38. The van der Waals surface area contributed by atoms with E-state index in [9.17, 15) is 25.5 Å². The van der Waals surface area contributed by atoms with Crippen LogP contribution in [0.1, 0.15) is 23.7 Å². The number of hydrogen-bond acceptors (Lipinski definition) is 6. The van der Waals surface area contributed by atoms with E-state index in [0.717, 1.165) is 17.7 Å². The predicted molar refractivity (Wildman–Crippen MR) is 79.4 cm³/mol. The minimum absolute atomic E-state index is 0.00446. The van der Waals surface area contributed by atoms with E-state index >= 15 is 0 Å². The second kappa shape index (κ2) is 6.44. The molecule has 1 atom stereocenters. The number of hydrogen-bond donors (Lipinski definition) is 5. The fourth-order valence-corrected chi connectivity index (χ4v) is 2.29. The lowest BCUT2D eigenvalue weighted by Gasteiger charge is -2.15. The van der Waals surface area contributed by atoms with Gasteiger partial charge in [-0.3, -0.25) is 0 Å². The normalized spacial score (nSPS) is 12.1. The highest BCUT2D eigenvalue weighted by Gasteiger charge is 2.18. The van der Waals surface area contributed by atoms with Crippen LogP contribution >= 0.6 is 0 Å². The van der Waals surface area contributed by atoms with Crippen molar-refractivity contribution in [2.45, 2.75) is 18.9 Å². The average Bonchev–Trinajstić information content (AvgIpc) is 2.44. The van der Waals surface area contributed by atoms with Gasteiger partial charge in [-0.1, -0.05) is 6.07 Å². The topological polar surface area (TPSA) is 110 Å². The molecule has 6 nitrogen and oxygen atoms in total. The minimum Gasteiger partial charge on any atom is -0.508 e. The first-order valence-corrected chi connectivity index (χ1v) is 6.71. The summed E-state index contributed by atoms with van der Waals surface area (Å²) in [5, 5.41) is 48.5. The molecule has 118 valence electrons. The van der Waals surface area contributed by atoms with Gasteiger partial charge in [0.25, 0.3) is 0 Å². The van der Waals surface area contributed by atoms with Gasteiger partial charge in [-0.15, -0.1) is 0 Å². The summed E-state index contributed by atoms with van der Waals surface area (Å²) in [6, 6.07) is 7.01. The van der Waals surface area contributed by atoms with E-state index < -0.39 is 6.10 Å². The smallest absolute Gasteiger partial charge is 0.160 e. The van der Waals surface area contributed by atoms with Gasteiger partial charge in [0.15, 0.2) is 11.5 Å². The third kappa shape index (κ3) is 3.35. The molecule has 0 spiro atoms. The molecular formula is C16H18O6. The number of methoxy groups -OCH3 is 1. The van der Waals surface area contributed by atoms with Crippen molar-refractivity contribution in [1.82, 2.24) is 0 Å². The van der Waals surface area contributed by atoms with Gasteiger partial charge in [0.2, 0.25) is 0 Å². The van der Waals surface area contributed by atoms with Crippen molar-refractivity contribution in [3.63, 3.8) is 0 Å². The first kappa shape index (κ1) is 15.8. The fourth-order valence-electron chi connectivity index (χ4n) is 2.29. The van der Waals surface area contributed by atoms with Crippen molar-refractivity contribution in [1.29, 1.82) is 0 Å². The molecule has 0 amide bonds. The van der Waals surface area contributed by atoms with Gasteiger partial charge in [0, 0.05) is 12.1 Å². The second-order valence-corrected chi connectivity index (χ2v) is 4.96. The molecule has 0 saturated heterocycles. The monoisotopic (exact) mass is 306 g/mol. The van der Waals surface area contributed by atoms with Crippen LogP contribution in [0, 0.1) is 0 Å². The zero-order valence-electron chi connectivity index (χ0n) is 12.0. The van der Waals surface area contributed by atoms with E-state index in [4.69, 9.17) is 4.74 Å². The summed E-state index contributed by atoms with van der Waals surface area (Å²) >= 11 is 0. The Balaban J connectivity index is 2.10. The van der Waals surface area contributed by atoms with Crippen LogP contribution < -0.4 is 4.74 Å². The van der Waals surface area contributed by atoms with E-state index in [2.05, 4.69) is 0 Å². The fraction of sp³-hybridized carbons (Fsp3) is 0.250. The average molecular weight is 306 g/mol. The standard InChI is InChI=1S/C16H18O6/c1-22-15-5-3-9(6-12(15)19)2-4-11(18)16-13(20)7-10(17)8-14(16)21/h3,5-8,11,17-21H,2,4H2,1H3. The third-order valence-electron chi connectivity index (χ3n) is 3.40. The van der Waals surface area contributed by atoms with Crippen molar-refractivity contribution in [2.75, 3.05) is 7.11 Å². The highest BCUT2D eigenvalue weighted by molar-refractivity contribution is 5.50. The molecular weight excluding hydrogens is 288 g/mol. The van der Waals surface area contributed by atoms with Gasteiger partial charge >= 0.3 is 0 Å². The van der Waals surface area contributed by atoms with Crippen LogP contribution in [0.3, 0.4) is 0 Å². The van der Waals surface area contributed by atoms with Gasteiger partial charge in [-0.2, -0.15) is 0 Å². The third-order valence-corrected chi connectivity index (χ3v) is 3.40. The van der Waals surface area contributed by atoms with Gasteiger partial charge in [0.05, 0.1) is 18.8 Å². The van der Waals surface area contributed by atoms with Crippen LogP contribution in [0.25, 0.3) is 0 Å². The molecule has 6 heteroatoms. The molecule has 2 rings (SSSR count). The van der Waals surface area contributed by atoms with Gasteiger partial charge in [-0.25, -0.2) is 0 Å². The molecule has 0 saturated carbocycles. The predicted octanol–water partition coefficient (Wildman–Crippen LogP) is 2.18. The Morgan fingerprint density at radius 2 is 1.59 bits per heavy atom. The molecule has 5 N–H and O–H groups in total. The van der Waals surface area contributed by atoms with Crippen LogP contribution in [0.2, 0.25) is 0 Å². The number of aliphatic hydroxyl groups is 1. The van der Waals surface area contributed by atoms with Crippen molar-refractivity contribution in [3.8, 4) is 28.7 Å². The number of aliphatic hydroxyl groups excluding tert-OH is 1. The second-order valence-electron chi connectivity index (χ2n) is 4.96. The minimum atomic E-state index is -1.11. The maximum Gasteiger partial charge on any atom is 0.160 e. The number of aryl methyl sites for hydroxylation is 1. The molecule has 1 unspecified atom stereocenters. The Bertz CT molecular complexity index is 645. The summed E-state index contributed by atoms with van der Waals surface area (Å²) in [7, 11) is 1.45. The summed E-state index contributed by atoms with van der Waals surface area (Å²) in [6.07, 6.45) is -0.472. The van der Waals surface area contributed by atoms with Crippen molar-refractivity contribution < 1.29 is 30.3 Å². The van der Waals surface area contributed by atoms with Crippen LogP contribution in [0.5, 0.6) is 28.7 Å². The van der Waals surface area contributed by atoms with Gasteiger partial charge < -0.3 is 30.3 Å². The van der Waals surface area contributed by atoms with Crippen molar-refractivity contribution in [2.24, 2.45) is 0 Å². The molecule has 0 bridgehead atoms. The summed E-state index contributed by atoms with van der Waals surface area (Å²) in [4.78, 5) is 0. The number of rotatable bonds is 5. The van der Waals surface area contributed by atoms with Crippen LogP contribution in [-0.2, 0) is 6.42 Å². The molecule has 0 radical (unpaired) electrons. The SMILES string of the molecule is COc1ccc(CCC(O)c2c(O)cc(O)cc2O)cc1O. The Morgan fingerprint density at radius 1 is 0.955 bits per heavy atom. The van der Waals surface area contributed by atoms with E-state index in [1.165, 1.54) is 13.2 Å². The van der Waals surface area contributed by atoms with Gasteiger partial charge in [0.1, 0.15) is 17.2 Å². The van der Waals surface area contributed by atoms with Gasteiger partial charge in [-0.05, 0) is 30.5 Å². The van der Waals surface area contributed by atoms with Crippen molar-refractivity contribution >= 4 is 0 Å². The Kier molecular flexibility index (Phi) is 4.62. The summed E-state index contributed by atoms with van der Waals surface area (Å²) < 4.78 is 4.95. The highest BCUT2D eigenvalue weighted by atomic mass is 16.5. The molecule has 0 aliphatic carbocycles. The first-order chi connectivity index (χ1) is 10.4. The maximum absolute atomic E-state index is 10.1. The van der Waals surface area contributed by atoms with Crippen LogP contribution in [0.15, 0.2) is 30.3 Å². The molecule has 0 aromatic heterocycles. The van der Waals surface area contributed by atoms with Crippen LogP contribution in [0.4, 0.5) is 0 Å². The molecule has 2 aromatic rings. The number of phenolic OH excluding ortho intramolecular Hbond substituents is 4. The van der Waals surface area contributed by atoms with E-state index in [-0.39, 0.29) is 35.0 Å². The maximum atomic E-state index is 10.1. The summed E-state index contributed by atoms with van der Waals surface area (Å²) in [5.41, 5.74) is 0.741. The molecule has 0 aliphatic heterocycles. The molecule has 0 aliphatic rings. The summed E-state index contributed by atoms with van der Waals surface area (Å²) in [6.45, 7) is 0. The lowest BCUT2D eigenvalue weighted by molar-refractivity contribution is 0.160. The lowest BCUT2D eigenvalue weighted by Crippen LogP contribution is -2.01. The molecule has 0 fully saturated rings. The van der Waals surface area contributed by atoms with Crippen LogP contribution in [-0.4, -0.2) is 32.6 Å². The number of phenols is 4. The summed E-state index contributed by atoms with van der Waals surface area (Å²) in [5.74, 6) is -0.667. The Labute approximate surface area is 127 Å². The Hall–Kier alpha value is -2.60. The zero-order chi connectivity index (χ0) is 16.3. The molecule has 0 heterocycles. The number of ether oxygens (including phenoxy) is 1. The quantitative estimate of drug-likeness (QED) is 0.579. The van der Waals surface area contributed by atoms with E-state index in [0.29, 0.717) is 12.2 Å². The van der Waals surface area contributed by atoms with E-state index in [1.807, 2.05) is 0 Å². The lowest BCUT2D eigenvalue weighted by atomic mass is 9.99. The Morgan fingerprint density at radius 3 is 2.14 bits per heavy atom. The largest absolute Gasteiger partial charge is 0.508 e. The number of benzene rings is 2.